The number of aromatic amines is 1. The molecule has 0 atom stereocenters. The lowest BCUT2D eigenvalue weighted by atomic mass is 10.0. The zero-order valence-corrected chi connectivity index (χ0v) is 18.7. The van der Waals surface area contributed by atoms with Gasteiger partial charge in [-0.1, -0.05) is 4.68 Å². The minimum atomic E-state index is -0.589. The third-order valence-electron chi connectivity index (χ3n) is 4.17. The number of carbonyl (C=O) groups is 2. The van der Waals surface area contributed by atoms with Gasteiger partial charge in [0.1, 0.15) is 16.7 Å². The van der Waals surface area contributed by atoms with E-state index in [1.807, 2.05) is 20.8 Å². The molecule has 160 valence electrons. The molecule has 30 heavy (non-hydrogen) atoms. The molecule has 0 spiro atoms. The van der Waals surface area contributed by atoms with E-state index in [9.17, 15) is 19.6 Å². The van der Waals surface area contributed by atoms with Crippen LogP contribution in [0.5, 0.6) is 0 Å². The molecule has 2 aromatic heterocycles. The van der Waals surface area contributed by atoms with Crippen LogP contribution in [0.25, 0.3) is 0 Å². The maximum absolute atomic E-state index is 12.4. The molecular weight excluding hydrogens is 430 g/mol. The number of anilines is 1. The van der Waals surface area contributed by atoms with E-state index in [0.29, 0.717) is 30.1 Å². The fraction of sp³-hybridized carbons (Fsp3) is 0.500. The third-order valence-corrected chi connectivity index (χ3v) is 6.42. The molecule has 3 heterocycles. The highest BCUT2D eigenvalue weighted by Crippen LogP contribution is 2.37. The van der Waals surface area contributed by atoms with Crippen molar-refractivity contribution in [3.05, 3.63) is 26.4 Å². The van der Waals surface area contributed by atoms with Crippen LogP contribution in [0.2, 0.25) is 0 Å². The zero-order chi connectivity index (χ0) is 22.1. The first-order valence-electron chi connectivity index (χ1n) is 9.11. The second-order valence-electron chi connectivity index (χ2n) is 7.65. The quantitative estimate of drug-likeness (QED) is 0.533. The first-order chi connectivity index (χ1) is 14.1. The number of aromatic nitrogens is 2. The Hall–Kier alpha value is -2.78. The van der Waals surface area contributed by atoms with E-state index >= 15 is 0 Å². The van der Waals surface area contributed by atoms with Crippen LogP contribution >= 0.6 is 23.1 Å². The van der Waals surface area contributed by atoms with Gasteiger partial charge in [0, 0.05) is 11.4 Å². The topological polar surface area (TPSA) is 132 Å². The molecule has 0 bridgehead atoms. The van der Waals surface area contributed by atoms with Crippen molar-refractivity contribution in [2.75, 3.05) is 17.6 Å². The largest absolute Gasteiger partial charge is 0.444 e. The van der Waals surface area contributed by atoms with Crippen molar-refractivity contribution in [1.29, 1.82) is 5.26 Å². The molecule has 2 amide bonds. The van der Waals surface area contributed by atoms with Gasteiger partial charge in [-0.3, -0.25) is 9.32 Å². The normalized spacial score (nSPS) is 13.5. The number of hydrogen-bond donors (Lipinski definition) is 2. The Kier molecular flexibility index (Phi) is 6.23. The third kappa shape index (κ3) is 4.85. The summed E-state index contributed by atoms with van der Waals surface area (Å²) in [6.45, 7) is 6.19. The number of amides is 2. The molecule has 1 aliphatic rings. The van der Waals surface area contributed by atoms with Crippen LogP contribution in [0, 0.1) is 11.3 Å². The van der Waals surface area contributed by atoms with Crippen LogP contribution in [0.1, 0.15) is 36.8 Å². The molecule has 1 aliphatic heterocycles. The SMILES string of the molecule is C[n+]1[nH]oc(=O)c1SCC(=O)Nc1sc2c(c1C#N)CCN(C(=O)OC(C)(C)C)C2. The number of nitrogens with zero attached hydrogens (tertiary/aromatic N) is 3. The van der Waals surface area contributed by atoms with Gasteiger partial charge in [0.05, 0.1) is 17.9 Å². The molecule has 12 heteroatoms. The van der Waals surface area contributed by atoms with Gasteiger partial charge in [-0.05, 0) is 49.8 Å². The number of carbonyl (C=O) groups excluding carboxylic acids is 2. The second-order valence-corrected chi connectivity index (χ2v) is 9.72. The highest BCUT2D eigenvalue weighted by molar-refractivity contribution is 7.99. The van der Waals surface area contributed by atoms with E-state index in [1.165, 1.54) is 16.0 Å². The summed E-state index contributed by atoms with van der Waals surface area (Å²) in [6, 6.07) is 2.16. The average Bonchev–Trinajstić information content (AvgIpc) is 3.16. The molecule has 0 unspecified atom stereocenters. The smallest absolute Gasteiger partial charge is 0.441 e. The first-order valence-corrected chi connectivity index (χ1v) is 10.9. The van der Waals surface area contributed by atoms with Crippen LogP contribution in [-0.4, -0.2) is 40.1 Å². The number of H-pyrrole nitrogens is 1. The Bertz CT molecular complexity index is 1070. The summed E-state index contributed by atoms with van der Waals surface area (Å²) in [5.74, 6) is -0.367. The van der Waals surface area contributed by atoms with Crippen molar-refractivity contribution >= 4 is 40.1 Å². The zero-order valence-electron chi connectivity index (χ0n) is 17.0. The first kappa shape index (κ1) is 21.9. The Morgan fingerprint density at radius 3 is 2.80 bits per heavy atom. The molecule has 0 aromatic carbocycles. The van der Waals surface area contributed by atoms with E-state index in [0.717, 1.165) is 22.2 Å². The van der Waals surface area contributed by atoms with Crippen LogP contribution in [0.15, 0.2) is 14.3 Å². The average molecular weight is 453 g/mol. The van der Waals surface area contributed by atoms with Gasteiger partial charge < -0.3 is 15.0 Å². The number of aryl methyl sites for hydroxylation is 1. The van der Waals surface area contributed by atoms with Gasteiger partial charge in [0.2, 0.25) is 5.91 Å². The number of fused-ring (bicyclic) bond motifs is 1. The Balaban J connectivity index is 1.69. The minimum absolute atomic E-state index is 0.0199. The predicted molar refractivity (Wildman–Crippen MR) is 109 cm³/mol. The lowest BCUT2D eigenvalue weighted by molar-refractivity contribution is -0.772. The number of nitriles is 1. The summed E-state index contributed by atoms with van der Waals surface area (Å²) in [5.41, 5.74) is 0.128. The lowest BCUT2D eigenvalue weighted by Crippen LogP contribution is -2.39. The molecule has 2 aromatic rings. The summed E-state index contributed by atoms with van der Waals surface area (Å²) in [5, 5.41) is 15.4. The van der Waals surface area contributed by atoms with Crippen molar-refractivity contribution in [2.45, 2.75) is 44.4 Å². The van der Waals surface area contributed by atoms with Crippen molar-refractivity contribution in [3.63, 3.8) is 0 Å². The van der Waals surface area contributed by atoms with Crippen LogP contribution in [0.3, 0.4) is 0 Å². The maximum atomic E-state index is 12.4. The molecule has 0 fully saturated rings. The van der Waals surface area contributed by atoms with Gasteiger partial charge >= 0.3 is 16.7 Å². The van der Waals surface area contributed by atoms with Crippen molar-refractivity contribution in [2.24, 2.45) is 7.05 Å². The van der Waals surface area contributed by atoms with Crippen LogP contribution in [-0.2, 0) is 29.5 Å². The van der Waals surface area contributed by atoms with Crippen molar-refractivity contribution in [3.8, 4) is 6.07 Å². The molecular formula is C18H22N5O5S2+. The monoisotopic (exact) mass is 452 g/mol. The summed E-state index contributed by atoms with van der Waals surface area (Å²) in [7, 11) is 1.60. The Morgan fingerprint density at radius 2 is 2.20 bits per heavy atom. The number of hydrogen-bond acceptors (Lipinski definition) is 8. The highest BCUT2D eigenvalue weighted by atomic mass is 32.2. The number of ether oxygens (including phenoxy) is 1. The molecule has 0 aliphatic carbocycles. The predicted octanol–water partition coefficient (Wildman–Crippen LogP) is 1.75. The highest BCUT2D eigenvalue weighted by Gasteiger charge is 2.30. The standard InChI is InChI=1S/C18H21N5O5S2/c1-18(2,3)27-17(26)23-6-5-10-11(7-19)14(30-12(10)8-23)20-13(24)9-29-15-16(25)28-21-22(15)4/h5-6,8-9H2,1-4H3,(H-,20,21,24,25)/p+1. The van der Waals surface area contributed by atoms with Crippen molar-refractivity contribution in [1.82, 2.24) is 10.2 Å². The van der Waals surface area contributed by atoms with Gasteiger partial charge in [-0.15, -0.1) is 11.3 Å². The maximum Gasteiger partial charge on any atom is 0.441 e. The molecule has 2 N–H and O–H groups in total. The van der Waals surface area contributed by atoms with Crippen molar-refractivity contribution < 1.29 is 23.5 Å². The van der Waals surface area contributed by atoms with E-state index in [1.54, 1.807) is 11.9 Å². The molecule has 3 rings (SSSR count). The Labute approximate surface area is 180 Å². The molecule has 0 saturated carbocycles. The summed E-state index contributed by atoms with van der Waals surface area (Å²) in [4.78, 5) is 38.7. The number of thioether (sulfide) groups is 1. The Morgan fingerprint density at radius 1 is 1.47 bits per heavy atom. The van der Waals surface area contributed by atoms with E-state index in [-0.39, 0.29) is 16.7 Å². The van der Waals surface area contributed by atoms with E-state index < -0.39 is 17.3 Å². The molecule has 10 nitrogen and oxygen atoms in total. The molecule has 0 radical (unpaired) electrons. The fourth-order valence-electron chi connectivity index (χ4n) is 2.88. The van der Waals surface area contributed by atoms with Gasteiger partial charge in [0.25, 0.3) is 0 Å². The summed E-state index contributed by atoms with van der Waals surface area (Å²) in [6.07, 6.45) is 0.110. The molecule has 0 saturated heterocycles. The van der Waals surface area contributed by atoms with Gasteiger partial charge in [-0.25, -0.2) is 9.59 Å². The minimum Gasteiger partial charge on any atom is -0.444 e. The lowest BCUT2D eigenvalue weighted by Gasteiger charge is -2.29. The van der Waals surface area contributed by atoms with Crippen LogP contribution < -0.4 is 15.6 Å². The number of nitrogens with one attached hydrogen (secondary N) is 2. The second kappa shape index (κ2) is 8.53. The summed E-state index contributed by atoms with van der Waals surface area (Å²) < 4.78 is 11.5. The number of thiophene rings is 1. The van der Waals surface area contributed by atoms with Gasteiger partial charge in [0.15, 0.2) is 7.05 Å². The van der Waals surface area contributed by atoms with Gasteiger partial charge in [-0.2, -0.15) is 5.26 Å². The van der Waals surface area contributed by atoms with E-state index in [4.69, 9.17) is 4.74 Å². The number of rotatable bonds is 4. The summed E-state index contributed by atoms with van der Waals surface area (Å²) >= 11 is 2.31. The fourth-order valence-corrected chi connectivity index (χ4v) is 4.84. The van der Waals surface area contributed by atoms with Crippen LogP contribution in [0.4, 0.5) is 9.80 Å². The van der Waals surface area contributed by atoms with E-state index in [2.05, 4.69) is 21.2 Å².